The minimum Gasteiger partial charge on any atom is -0.504 e. The number of rotatable bonds is 4. The normalized spacial score (nSPS) is 10.5. The number of benzene rings is 1. The smallest absolute Gasteiger partial charge is 0.192 e. The highest BCUT2D eigenvalue weighted by Crippen LogP contribution is 2.42. The zero-order chi connectivity index (χ0) is 15.4. The maximum atomic E-state index is 9.72. The van der Waals surface area contributed by atoms with Crippen LogP contribution in [-0.4, -0.2) is 30.1 Å². The molecule has 22 heavy (non-hydrogen) atoms. The summed E-state index contributed by atoms with van der Waals surface area (Å²) in [6.45, 7) is 0. The summed E-state index contributed by atoms with van der Waals surface area (Å²) in [6, 6.07) is 6.40. The monoisotopic (exact) mass is 330 g/mol. The summed E-state index contributed by atoms with van der Waals surface area (Å²) in [7, 11) is 0. The Hall–Kier alpha value is -2.32. The van der Waals surface area contributed by atoms with E-state index >= 15 is 0 Å². The molecule has 8 heteroatoms. The minimum atomic E-state index is -0.197. The third kappa shape index (κ3) is 3.46. The number of nitrogens with zero attached hydrogens (tertiary/aromatic N) is 4. The first-order valence-corrected chi connectivity index (χ1v) is 7.81. The molecule has 0 aliphatic heterocycles. The van der Waals surface area contributed by atoms with Crippen LogP contribution in [0.25, 0.3) is 0 Å². The van der Waals surface area contributed by atoms with E-state index in [0.717, 1.165) is 0 Å². The van der Waals surface area contributed by atoms with Gasteiger partial charge in [0.05, 0.1) is 0 Å². The maximum Gasteiger partial charge on any atom is 0.192 e. The lowest BCUT2D eigenvalue weighted by Crippen LogP contribution is -1.88. The third-order valence-electron chi connectivity index (χ3n) is 2.53. The van der Waals surface area contributed by atoms with E-state index in [1.165, 1.54) is 35.7 Å². The van der Waals surface area contributed by atoms with E-state index < -0.39 is 0 Å². The predicted molar refractivity (Wildman–Crippen MR) is 82.1 cm³/mol. The second-order valence-corrected chi connectivity index (χ2v) is 6.07. The van der Waals surface area contributed by atoms with E-state index in [2.05, 4.69) is 19.9 Å². The summed E-state index contributed by atoms with van der Waals surface area (Å²) in [5.41, 5.74) is 0. The molecule has 6 nitrogen and oxygen atoms in total. The van der Waals surface area contributed by atoms with Crippen LogP contribution < -0.4 is 0 Å². The van der Waals surface area contributed by atoms with Gasteiger partial charge in [0.15, 0.2) is 21.8 Å². The topological polar surface area (TPSA) is 92.0 Å². The first-order valence-electron chi connectivity index (χ1n) is 6.18. The van der Waals surface area contributed by atoms with Crippen LogP contribution >= 0.6 is 23.5 Å². The van der Waals surface area contributed by atoms with Gasteiger partial charge >= 0.3 is 0 Å². The van der Waals surface area contributed by atoms with Crippen LogP contribution in [-0.2, 0) is 0 Å². The first-order chi connectivity index (χ1) is 10.7. The van der Waals surface area contributed by atoms with Crippen LogP contribution in [0.1, 0.15) is 0 Å². The predicted octanol–water partition coefficient (Wildman–Crippen LogP) is 2.98. The van der Waals surface area contributed by atoms with Crippen molar-refractivity contribution in [2.45, 2.75) is 20.1 Å². The number of aromatic nitrogens is 4. The Morgan fingerprint density at radius 2 is 1.00 bits per heavy atom. The number of hydrogen-bond acceptors (Lipinski definition) is 8. The van der Waals surface area contributed by atoms with Crippen LogP contribution in [0, 0.1) is 0 Å². The fourth-order valence-corrected chi connectivity index (χ4v) is 3.33. The van der Waals surface area contributed by atoms with Crippen LogP contribution in [0.3, 0.4) is 0 Å². The average molecular weight is 330 g/mol. The Balaban J connectivity index is 1.95. The molecular weight excluding hydrogens is 320 g/mol. The summed E-state index contributed by atoms with van der Waals surface area (Å²) in [4.78, 5) is 18.0. The first kappa shape index (κ1) is 14.6. The van der Waals surface area contributed by atoms with E-state index in [4.69, 9.17) is 0 Å². The van der Waals surface area contributed by atoms with Crippen molar-refractivity contribution in [2.75, 3.05) is 0 Å². The SMILES string of the molecule is Oc1cc(Sc2ncccn2)c(Sc2ncccn2)cc1O. The molecule has 2 aromatic heterocycles. The largest absolute Gasteiger partial charge is 0.504 e. The van der Waals surface area contributed by atoms with Crippen molar-refractivity contribution in [3.8, 4) is 11.5 Å². The van der Waals surface area contributed by atoms with Gasteiger partial charge in [0.1, 0.15) is 0 Å². The van der Waals surface area contributed by atoms with Gasteiger partial charge in [-0.2, -0.15) is 0 Å². The summed E-state index contributed by atoms with van der Waals surface area (Å²) in [5, 5.41) is 20.5. The summed E-state index contributed by atoms with van der Waals surface area (Å²) in [5.74, 6) is -0.395. The fraction of sp³-hybridized carbons (Fsp3) is 0. The quantitative estimate of drug-likeness (QED) is 0.557. The molecule has 0 spiro atoms. The molecule has 1 aromatic carbocycles. The van der Waals surface area contributed by atoms with Gasteiger partial charge in [-0.15, -0.1) is 0 Å². The van der Waals surface area contributed by atoms with Gasteiger partial charge in [-0.3, -0.25) is 0 Å². The van der Waals surface area contributed by atoms with Crippen molar-refractivity contribution < 1.29 is 10.2 Å². The lowest BCUT2D eigenvalue weighted by molar-refractivity contribution is 0.400. The van der Waals surface area contributed by atoms with Crippen LogP contribution in [0.15, 0.2) is 69.2 Å². The van der Waals surface area contributed by atoms with Gasteiger partial charge < -0.3 is 10.2 Å². The molecule has 0 amide bonds. The lowest BCUT2D eigenvalue weighted by atomic mass is 10.3. The Labute approximate surface area is 134 Å². The average Bonchev–Trinajstić information content (AvgIpc) is 2.54. The van der Waals surface area contributed by atoms with Crippen molar-refractivity contribution in [1.82, 2.24) is 19.9 Å². The zero-order valence-corrected chi connectivity index (χ0v) is 12.8. The number of hydrogen-bond donors (Lipinski definition) is 2. The Bertz CT molecular complexity index is 706. The molecule has 0 aliphatic rings. The Kier molecular flexibility index (Phi) is 4.40. The van der Waals surface area contributed by atoms with Crippen molar-refractivity contribution in [3.05, 3.63) is 49.1 Å². The second-order valence-electron chi connectivity index (χ2n) is 4.05. The zero-order valence-electron chi connectivity index (χ0n) is 11.1. The summed E-state index contributed by atoms with van der Waals surface area (Å²) < 4.78 is 0. The number of phenolic OH excluding ortho intramolecular Hbond substituents is 2. The summed E-state index contributed by atoms with van der Waals surface area (Å²) in [6.07, 6.45) is 6.57. The number of aromatic hydroxyl groups is 2. The molecule has 0 saturated carbocycles. The Morgan fingerprint density at radius 3 is 1.36 bits per heavy atom. The molecule has 0 unspecified atom stereocenters. The summed E-state index contributed by atoms with van der Waals surface area (Å²) >= 11 is 2.57. The van der Waals surface area contributed by atoms with Crippen molar-refractivity contribution >= 4 is 23.5 Å². The van der Waals surface area contributed by atoms with E-state index in [1.54, 1.807) is 36.9 Å². The molecule has 2 N–H and O–H groups in total. The van der Waals surface area contributed by atoms with E-state index in [0.29, 0.717) is 20.1 Å². The minimum absolute atomic E-state index is 0.197. The highest BCUT2D eigenvalue weighted by molar-refractivity contribution is 8.02. The van der Waals surface area contributed by atoms with Gasteiger partial charge in [0.2, 0.25) is 0 Å². The standard InChI is InChI=1S/C14H10N4O2S2/c19-9-7-11(21-13-15-3-1-4-16-13)12(8-10(9)20)22-14-17-5-2-6-18-14/h1-8,19-20H. The lowest BCUT2D eigenvalue weighted by Gasteiger charge is -2.09. The van der Waals surface area contributed by atoms with Gasteiger partial charge in [0.25, 0.3) is 0 Å². The van der Waals surface area contributed by atoms with Crippen LogP contribution in [0.5, 0.6) is 11.5 Å². The van der Waals surface area contributed by atoms with E-state index in [1.807, 2.05) is 0 Å². The maximum absolute atomic E-state index is 9.72. The molecule has 2 heterocycles. The van der Waals surface area contributed by atoms with Crippen LogP contribution in [0.4, 0.5) is 0 Å². The van der Waals surface area contributed by atoms with Crippen LogP contribution in [0.2, 0.25) is 0 Å². The van der Waals surface area contributed by atoms with Crippen molar-refractivity contribution in [1.29, 1.82) is 0 Å². The molecule has 0 fully saturated rings. The van der Waals surface area contributed by atoms with Gasteiger partial charge in [-0.05, 0) is 47.8 Å². The van der Waals surface area contributed by atoms with E-state index in [-0.39, 0.29) is 11.5 Å². The Morgan fingerprint density at radius 1 is 0.636 bits per heavy atom. The molecule has 0 aliphatic carbocycles. The highest BCUT2D eigenvalue weighted by Gasteiger charge is 2.13. The molecule has 3 rings (SSSR count). The molecule has 0 saturated heterocycles. The molecule has 0 bridgehead atoms. The fourth-order valence-electron chi connectivity index (χ4n) is 1.57. The van der Waals surface area contributed by atoms with Gasteiger partial charge in [0, 0.05) is 34.6 Å². The number of phenols is 2. The molecule has 0 radical (unpaired) electrons. The van der Waals surface area contributed by atoms with Crippen molar-refractivity contribution in [3.63, 3.8) is 0 Å². The molecular formula is C14H10N4O2S2. The highest BCUT2D eigenvalue weighted by atomic mass is 32.2. The van der Waals surface area contributed by atoms with Gasteiger partial charge in [-0.1, -0.05) is 0 Å². The van der Waals surface area contributed by atoms with E-state index in [9.17, 15) is 10.2 Å². The molecule has 110 valence electrons. The van der Waals surface area contributed by atoms with Crippen molar-refractivity contribution in [2.24, 2.45) is 0 Å². The molecule has 0 atom stereocenters. The third-order valence-corrected chi connectivity index (χ3v) is 4.56. The van der Waals surface area contributed by atoms with Gasteiger partial charge in [-0.25, -0.2) is 19.9 Å². The molecule has 3 aromatic rings. The second kappa shape index (κ2) is 6.63.